The van der Waals surface area contributed by atoms with Gasteiger partial charge in [-0.2, -0.15) is 0 Å². The molecule has 0 heterocycles. The van der Waals surface area contributed by atoms with Crippen molar-refractivity contribution in [2.75, 3.05) is 19.7 Å². The predicted octanol–water partition coefficient (Wildman–Crippen LogP) is 1.91. The molecule has 0 aliphatic carbocycles. The average molecular weight is 243 g/mol. The van der Waals surface area contributed by atoms with Gasteiger partial charge in [0.2, 0.25) is 0 Å². The lowest BCUT2D eigenvalue weighted by atomic mass is 9.94. The Balaban J connectivity index is 3.58. The van der Waals surface area contributed by atoms with Crippen molar-refractivity contribution in [3.05, 3.63) is 0 Å². The van der Waals surface area contributed by atoms with Crippen LogP contribution in [0.5, 0.6) is 0 Å². The van der Waals surface area contributed by atoms with Crippen LogP contribution in [0, 0.1) is 5.92 Å². The zero-order chi connectivity index (χ0) is 12.8. The second kappa shape index (κ2) is 6.42. The lowest BCUT2D eigenvalue weighted by Gasteiger charge is -2.25. The van der Waals surface area contributed by atoms with Crippen LogP contribution < -0.4 is 5.32 Å². The zero-order valence-corrected chi connectivity index (χ0v) is 9.90. The molecule has 0 amide bonds. The molecule has 1 atom stereocenters. The Hall–Kier alpha value is -0.330. The van der Waals surface area contributed by atoms with Crippen LogP contribution >= 0.6 is 0 Å². The molecule has 98 valence electrons. The Morgan fingerprint density at radius 3 is 2.31 bits per heavy atom. The van der Waals surface area contributed by atoms with Gasteiger partial charge in [-0.3, -0.25) is 4.74 Å². The average Bonchev–Trinajstić information content (AvgIpc) is 1.98. The highest BCUT2D eigenvalue weighted by Gasteiger charge is 2.28. The van der Waals surface area contributed by atoms with Crippen LogP contribution in [-0.4, -0.2) is 36.8 Å². The number of rotatable bonds is 7. The van der Waals surface area contributed by atoms with Crippen molar-refractivity contribution in [2.24, 2.45) is 5.92 Å². The van der Waals surface area contributed by atoms with Crippen LogP contribution in [0.2, 0.25) is 0 Å². The van der Waals surface area contributed by atoms with Gasteiger partial charge in [-0.15, -0.1) is 13.2 Å². The fourth-order valence-corrected chi connectivity index (χ4v) is 1.55. The third-order valence-corrected chi connectivity index (χ3v) is 1.90. The molecule has 0 saturated heterocycles. The van der Waals surface area contributed by atoms with Gasteiger partial charge in [-0.1, -0.05) is 13.8 Å². The highest BCUT2D eigenvalue weighted by Crippen LogP contribution is 2.16. The third-order valence-electron chi connectivity index (χ3n) is 1.90. The lowest BCUT2D eigenvalue weighted by Crippen LogP contribution is -2.40. The van der Waals surface area contributed by atoms with Crippen LogP contribution in [0.1, 0.15) is 27.2 Å². The molecule has 0 bridgehead atoms. The SMILES string of the molecule is CC(C)CC(C)(O)CNCCOC(F)(F)F. The largest absolute Gasteiger partial charge is 0.522 e. The summed E-state index contributed by atoms with van der Waals surface area (Å²) in [6, 6.07) is 0. The highest BCUT2D eigenvalue weighted by atomic mass is 19.4. The van der Waals surface area contributed by atoms with Crippen molar-refractivity contribution >= 4 is 0 Å². The monoisotopic (exact) mass is 243 g/mol. The maximum absolute atomic E-state index is 11.6. The summed E-state index contributed by atoms with van der Waals surface area (Å²) >= 11 is 0. The van der Waals surface area contributed by atoms with E-state index in [1.807, 2.05) is 13.8 Å². The molecule has 0 aromatic heterocycles. The van der Waals surface area contributed by atoms with Crippen LogP contribution in [-0.2, 0) is 4.74 Å². The summed E-state index contributed by atoms with van der Waals surface area (Å²) < 4.78 is 38.3. The summed E-state index contributed by atoms with van der Waals surface area (Å²) in [7, 11) is 0. The molecule has 0 aromatic rings. The van der Waals surface area contributed by atoms with Crippen molar-refractivity contribution < 1.29 is 23.0 Å². The first kappa shape index (κ1) is 15.7. The highest BCUT2D eigenvalue weighted by molar-refractivity contribution is 4.76. The minimum Gasteiger partial charge on any atom is -0.389 e. The number of aliphatic hydroxyl groups is 1. The van der Waals surface area contributed by atoms with Gasteiger partial charge in [0.05, 0.1) is 12.2 Å². The molecule has 0 spiro atoms. The minimum atomic E-state index is -4.58. The Morgan fingerprint density at radius 1 is 1.31 bits per heavy atom. The Bertz CT molecular complexity index is 193. The zero-order valence-electron chi connectivity index (χ0n) is 9.90. The van der Waals surface area contributed by atoms with Crippen LogP contribution in [0.4, 0.5) is 13.2 Å². The lowest BCUT2D eigenvalue weighted by molar-refractivity contribution is -0.323. The van der Waals surface area contributed by atoms with Gasteiger partial charge in [0.25, 0.3) is 0 Å². The van der Waals surface area contributed by atoms with Gasteiger partial charge < -0.3 is 10.4 Å². The Kier molecular flexibility index (Phi) is 6.28. The van der Waals surface area contributed by atoms with Gasteiger partial charge in [0, 0.05) is 13.1 Å². The molecular formula is C10H20F3NO2. The number of nitrogens with one attached hydrogen (secondary N) is 1. The quantitative estimate of drug-likeness (QED) is 0.671. The van der Waals surface area contributed by atoms with E-state index < -0.39 is 18.6 Å². The normalized spacial score (nSPS) is 16.5. The summed E-state index contributed by atoms with van der Waals surface area (Å²) in [6.07, 6.45) is -3.98. The van der Waals surface area contributed by atoms with E-state index in [4.69, 9.17) is 0 Å². The van der Waals surface area contributed by atoms with Gasteiger partial charge >= 0.3 is 6.36 Å². The van der Waals surface area contributed by atoms with Crippen LogP contribution in [0.3, 0.4) is 0 Å². The molecular weight excluding hydrogens is 223 g/mol. The molecule has 0 aliphatic rings. The Labute approximate surface area is 94.0 Å². The van der Waals surface area contributed by atoms with E-state index in [0.717, 1.165) is 0 Å². The Morgan fingerprint density at radius 2 is 1.88 bits per heavy atom. The number of hydrogen-bond acceptors (Lipinski definition) is 3. The fourth-order valence-electron chi connectivity index (χ4n) is 1.55. The number of alkyl halides is 3. The number of hydrogen-bond donors (Lipinski definition) is 2. The van der Waals surface area contributed by atoms with Crippen LogP contribution in [0.25, 0.3) is 0 Å². The van der Waals surface area contributed by atoms with Gasteiger partial charge in [0.1, 0.15) is 0 Å². The number of halogens is 3. The predicted molar refractivity (Wildman–Crippen MR) is 55.0 cm³/mol. The second-order valence-corrected chi connectivity index (χ2v) is 4.57. The van der Waals surface area contributed by atoms with Crippen molar-refractivity contribution in [1.29, 1.82) is 0 Å². The molecule has 0 aliphatic heterocycles. The maximum Gasteiger partial charge on any atom is 0.522 e. The van der Waals surface area contributed by atoms with E-state index in [-0.39, 0.29) is 13.1 Å². The third kappa shape index (κ3) is 10.2. The first-order chi connectivity index (χ1) is 7.12. The van der Waals surface area contributed by atoms with Gasteiger partial charge in [-0.05, 0) is 19.3 Å². The van der Waals surface area contributed by atoms with Gasteiger partial charge in [-0.25, -0.2) is 0 Å². The molecule has 0 saturated carbocycles. The van der Waals surface area contributed by atoms with E-state index in [0.29, 0.717) is 12.3 Å². The van der Waals surface area contributed by atoms with Crippen molar-refractivity contribution in [3.8, 4) is 0 Å². The second-order valence-electron chi connectivity index (χ2n) is 4.57. The summed E-state index contributed by atoms with van der Waals surface area (Å²) in [6.45, 7) is 5.48. The summed E-state index contributed by atoms with van der Waals surface area (Å²) in [5.41, 5.74) is -0.896. The molecule has 0 rings (SSSR count). The number of ether oxygens (including phenoxy) is 1. The van der Waals surface area contributed by atoms with Crippen molar-refractivity contribution in [2.45, 2.75) is 39.2 Å². The first-order valence-corrected chi connectivity index (χ1v) is 5.26. The molecule has 1 unspecified atom stereocenters. The molecule has 0 aromatic carbocycles. The van der Waals surface area contributed by atoms with Crippen molar-refractivity contribution in [1.82, 2.24) is 5.32 Å². The van der Waals surface area contributed by atoms with Crippen molar-refractivity contribution in [3.63, 3.8) is 0 Å². The first-order valence-electron chi connectivity index (χ1n) is 5.26. The maximum atomic E-state index is 11.6. The smallest absolute Gasteiger partial charge is 0.389 e. The van der Waals surface area contributed by atoms with E-state index >= 15 is 0 Å². The fraction of sp³-hybridized carbons (Fsp3) is 1.00. The molecule has 0 radical (unpaired) electrons. The van der Waals surface area contributed by atoms with Crippen LogP contribution in [0.15, 0.2) is 0 Å². The summed E-state index contributed by atoms with van der Waals surface area (Å²) in [5.74, 6) is 0.336. The van der Waals surface area contributed by atoms with E-state index in [1.54, 1.807) is 6.92 Å². The molecule has 2 N–H and O–H groups in total. The molecule has 6 heteroatoms. The topological polar surface area (TPSA) is 41.5 Å². The molecule has 0 fully saturated rings. The molecule has 3 nitrogen and oxygen atoms in total. The summed E-state index contributed by atoms with van der Waals surface area (Å²) in [5, 5.41) is 12.5. The summed E-state index contributed by atoms with van der Waals surface area (Å²) in [4.78, 5) is 0. The van der Waals surface area contributed by atoms with E-state index in [1.165, 1.54) is 0 Å². The standard InChI is InChI=1S/C10H20F3NO2/c1-8(2)6-9(3,15)7-14-4-5-16-10(11,12)13/h8,14-15H,4-7H2,1-3H3. The van der Waals surface area contributed by atoms with Gasteiger partial charge in [0.15, 0.2) is 0 Å². The van der Waals surface area contributed by atoms with E-state index in [2.05, 4.69) is 10.1 Å². The molecule has 16 heavy (non-hydrogen) atoms. The van der Waals surface area contributed by atoms with E-state index in [9.17, 15) is 18.3 Å². The minimum absolute atomic E-state index is 0.0632.